The number of hydrogen-bond donors (Lipinski definition) is 1. The predicted octanol–water partition coefficient (Wildman–Crippen LogP) is 3.46. The normalized spacial score (nSPS) is 26.2. The van der Waals surface area contributed by atoms with E-state index >= 15 is 0 Å². The Labute approximate surface area is 106 Å². The molecule has 1 aliphatic carbocycles. The van der Waals surface area contributed by atoms with Gasteiger partial charge in [0.25, 0.3) is 0 Å². The van der Waals surface area contributed by atoms with Gasteiger partial charge in [-0.3, -0.25) is 0 Å². The average Bonchev–Trinajstić information content (AvgIpc) is 2.15. The van der Waals surface area contributed by atoms with E-state index in [1.54, 1.807) is 0 Å². The molecular weight excluding hydrogens is 270 g/mol. The third-order valence-electron chi connectivity index (χ3n) is 2.81. The van der Waals surface area contributed by atoms with Crippen LogP contribution in [0.3, 0.4) is 0 Å². The first-order valence-corrected chi connectivity index (χ1v) is 7.10. The number of nitrogens with one attached hydrogen (secondary N) is 1. The van der Waals surface area contributed by atoms with Crippen molar-refractivity contribution in [2.45, 2.75) is 58.1 Å². The van der Waals surface area contributed by atoms with Crippen LogP contribution < -0.4 is 5.32 Å². The molecule has 1 rings (SSSR count). The maximum absolute atomic E-state index is 11.6. The summed E-state index contributed by atoms with van der Waals surface area (Å²) in [6.07, 6.45) is 4.43. The Bertz CT molecular complexity index is 238. The Morgan fingerprint density at radius 2 is 2.00 bits per heavy atom. The molecule has 0 radical (unpaired) electrons. The third kappa shape index (κ3) is 4.73. The number of carbonyl (C=O) groups excluding carboxylic acids is 1. The highest BCUT2D eigenvalue weighted by molar-refractivity contribution is 9.09. The molecule has 3 nitrogen and oxygen atoms in total. The highest BCUT2D eigenvalue weighted by atomic mass is 79.9. The van der Waals surface area contributed by atoms with Gasteiger partial charge in [-0.2, -0.15) is 0 Å². The molecule has 0 unspecified atom stereocenters. The molecule has 0 bridgehead atoms. The molecule has 0 heterocycles. The summed E-state index contributed by atoms with van der Waals surface area (Å²) in [5.41, 5.74) is -0.414. The maximum atomic E-state index is 11.6. The van der Waals surface area contributed by atoms with Crippen molar-refractivity contribution < 1.29 is 9.53 Å². The predicted molar refractivity (Wildman–Crippen MR) is 68.9 cm³/mol. The van der Waals surface area contributed by atoms with Crippen LogP contribution >= 0.6 is 15.9 Å². The van der Waals surface area contributed by atoms with Crippen LogP contribution in [0.15, 0.2) is 0 Å². The number of amides is 1. The Morgan fingerprint density at radius 1 is 1.38 bits per heavy atom. The molecule has 1 aliphatic rings. The van der Waals surface area contributed by atoms with Crippen molar-refractivity contribution in [2.75, 3.05) is 5.33 Å². The van der Waals surface area contributed by atoms with E-state index in [-0.39, 0.29) is 12.1 Å². The smallest absolute Gasteiger partial charge is 0.407 e. The van der Waals surface area contributed by atoms with Crippen LogP contribution in [-0.4, -0.2) is 23.1 Å². The van der Waals surface area contributed by atoms with Crippen molar-refractivity contribution in [3.63, 3.8) is 0 Å². The second-order valence-electron chi connectivity index (χ2n) is 5.45. The number of rotatable bonds is 2. The van der Waals surface area contributed by atoms with Crippen molar-refractivity contribution in [1.82, 2.24) is 5.32 Å². The zero-order valence-corrected chi connectivity index (χ0v) is 12.0. The van der Waals surface area contributed by atoms with E-state index in [9.17, 15) is 4.79 Å². The first-order chi connectivity index (χ1) is 7.42. The van der Waals surface area contributed by atoms with Crippen LogP contribution in [0.4, 0.5) is 4.79 Å². The molecule has 1 fully saturated rings. The van der Waals surface area contributed by atoms with Gasteiger partial charge < -0.3 is 10.1 Å². The van der Waals surface area contributed by atoms with E-state index in [0.29, 0.717) is 5.92 Å². The summed E-state index contributed by atoms with van der Waals surface area (Å²) >= 11 is 3.51. The van der Waals surface area contributed by atoms with Gasteiger partial charge in [-0.15, -0.1) is 0 Å². The van der Waals surface area contributed by atoms with Gasteiger partial charge >= 0.3 is 6.09 Å². The molecule has 0 aliphatic heterocycles. The van der Waals surface area contributed by atoms with Gasteiger partial charge in [-0.25, -0.2) is 4.79 Å². The van der Waals surface area contributed by atoms with Crippen LogP contribution in [0.1, 0.15) is 46.5 Å². The highest BCUT2D eigenvalue weighted by Gasteiger charge is 2.27. The molecule has 1 N–H and O–H groups in total. The van der Waals surface area contributed by atoms with E-state index in [2.05, 4.69) is 21.2 Å². The lowest BCUT2D eigenvalue weighted by molar-refractivity contribution is 0.0475. The number of halogens is 1. The van der Waals surface area contributed by atoms with Gasteiger partial charge in [0.15, 0.2) is 0 Å². The maximum Gasteiger partial charge on any atom is 0.407 e. The topological polar surface area (TPSA) is 38.3 Å². The molecule has 0 aromatic heterocycles. The minimum atomic E-state index is -0.414. The molecule has 0 spiro atoms. The van der Waals surface area contributed by atoms with Gasteiger partial charge in [0.2, 0.25) is 0 Å². The Morgan fingerprint density at radius 3 is 2.56 bits per heavy atom. The van der Waals surface area contributed by atoms with Gasteiger partial charge in [-0.05, 0) is 39.5 Å². The first kappa shape index (κ1) is 13.8. The molecule has 2 atom stereocenters. The largest absolute Gasteiger partial charge is 0.444 e. The van der Waals surface area contributed by atoms with E-state index in [4.69, 9.17) is 4.74 Å². The quantitative estimate of drug-likeness (QED) is 0.791. The van der Waals surface area contributed by atoms with Crippen LogP contribution in [0.2, 0.25) is 0 Å². The molecule has 1 saturated carbocycles. The minimum Gasteiger partial charge on any atom is -0.444 e. The second-order valence-corrected chi connectivity index (χ2v) is 6.10. The van der Waals surface area contributed by atoms with Crippen molar-refractivity contribution in [1.29, 1.82) is 0 Å². The molecule has 0 saturated heterocycles. The summed E-state index contributed by atoms with van der Waals surface area (Å²) in [5.74, 6) is 0.543. The van der Waals surface area contributed by atoms with E-state index in [1.165, 1.54) is 19.3 Å². The van der Waals surface area contributed by atoms with Crippen molar-refractivity contribution in [3.8, 4) is 0 Å². The fourth-order valence-corrected chi connectivity index (χ4v) is 2.82. The molecule has 16 heavy (non-hydrogen) atoms. The van der Waals surface area contributed by atoms with E-state index in [1.807, 2.05) is 20.8 Å². The summed E-state index contributed by atoms with van der Waals surface area (Å²) in [6, 6.07) is 0.267. The second kappa shape index (κ2) is 5.89. The number of carbonyl (C=O) groups is 1. The third-order valence-corrected chi connectivity index (χ3v) is 3.64. The lowest BCUT2D eigenvalue weighted by Gasteiger charge is -2.31. The zero-order chi connectivity index (χ0) is 12.2. The number of hydrogen-bond acceptors (Lipinski definition) is 2. The molecule has 4 heteroatoms. The van der Waals surface area contributed by atoms with Crippen LogP contribution in [-0.2, 0) is 4.74 Å². The summed E-state index contributed by atoms with van der Waals surface area (Å²) in [5, 5.41) is 3.94. The lowest BCUT2D eigenvalue weighted by Crippen LogP contribution is -2.44. The molecule has 94 valence electrons. The highest BCUT2D eigenvalue weighted by Crippen LogP contribution is 2.26. The molecule has 0 aromatic carbocycles. The van der Waals surface area contributed by atoms with Crippen molar-refractivity contribution in [2.24, 2.45) is 5.92 Å². The van der Waals surface area contributed by atoms with Crippen molar-refractivity contribution in [3.05, 3.63) is 0 Å². The fourth-order valence-electron chi connectivity index (χ4n) is 2.04. The summed E-state index contributed by atoms with van der Waals surface area (Å²) < 4.78 is 5.27. The number of ether oxygens (including phenoxy) is 1. The molecule has 1 amide bonds. The first-order valence-electron chi connectivity index (χ1n) is 5.98. The molecular formula is C12H22BrNO2. The average molecular weight is 292 g/mol. The lowest BCUT2D eigenvalue weighted by atomic mass is 9.86. The van der Waals surface area contributed by atoms with Gasteiger partial charge in [0, 0.05) is 11.4 Å². The minimum absolute atomic E-state index is 0.267. The molecule has 0 aromatic rings. The fraction of sp³-hybridized carbons (Fsp3) is 0.917. The number of alkyl carbamates (subject to hydrolysis) is 1. The Kier molecular flexibility index (Phi) is 5.09. The van der Waals surface area contributed by atoms with Gasteiger partial charge in [0.05, 0.1) is 0 Å². The monoisotopic (exact) mass is 291 g/mol. The Hall–Kier alpha value is -0.250. The number of alkyl halides is 1. The summed E-state index contributed by atoms with van der Waals surface area (Å²) in [7, 11) is 0. The van der Waals surface area contributed by atoms with E-state index < -0.39 is 5.60 Å². The van der Waals surface area contributed by atoms with Gasteiger partial charge in [0.1, 0.15) is 5.60 Å². The van der Waals surface area contributed by atoms with Crippen LogP contribution in [0.25, 0.3) is 0 Å². The standard InChI is InChI=1S/C12H22BrNO2/c1-12(2,3)16-11(15)14-10-7-5-4-6-9(10)8-13/h9-10H,4-8H2,1-3H3,(H,14,15)/t9-,10+/m0/s1. The Balaban J connectivity index is 2.42. The van der Waals surface area contributed by atoms with E-state index in [0.717, 1.165) is 11.8 Å². The SMILES string of the molecule is CC(C)(C)OC(=O)N[C@@H]1CCCC[C@H]1CBr. The zero-order valence-electron chi connectivity index (χ0n) is 10.4. The van der Waals surface area contributed by atoms with Crippen molar-refractivity contribution >= 4 is 22.0 Å². The summed E-state index contributed by atoms with van der Waals surface area (Å²) in [4.78, 5) is 11.6. The van der Waals surface area contributed by atoms with Gasteiger partial charge in [-0.1, -0.05) is 28.8 Å². The van der Waals surface area contributed by atoms with Crippen LogP contribution in [0.5, 0.6) is 0 Å². The summed E-state index contributed by atoms with van der Waals surface area (Å²) in [6.45, 7) is 5.65. The van der Waals surface area contributed by atoms with Crippen LogP contribution in [0, 0.1) is 5.92 Å².